The number of primary amides is 1. The summed E-state index contributed by atoms with van der Waals surface area (Å²) in [5.74, 6) is -2.01. The van der Waals surface area contributed by atoms with Crippen LogP contribution in [-0.4, -0.2) is 36.3 Å². The molecule has 1 atom stereocenters. The molecule has 1 aromatic heterocycles. The second-order valence-electron chi connectivity index (χ2n) is 8.51. The van der Waals surface area contributed by atoms with Crippen molar-refractivity contribution < 1.29 is 28.2 Å². The van der Waals surface area contributed by atoms with Gasteiger partial charge in [-0.05, 0) is 59.1 Å². The number of ether oxygens (including phenoxy) is 2. The lowest BCUT2D eigenvalue weighted by molar-refractivity contribution is -0.122. The van der Waals surface area contributed by atoms with Crippen LogP contribution in [0.5, 0.6) is 11.5 Å². The number of nitrogen functional groups attached to an aromatic ring is 1. The third-order valence-electron chi connectivity index (χ3n) is 6.02. The standard InChI is InChI=1S/C28H26FN5O5S/c1-38-20-13-8-17(14-21(20)39-2)24(27(36)32-15-16-6-4-3-5-7-16)34(19-11-9-18(29)10-12-19)28(37)25-22(30)23(26(31)35)33-40-25/h3-14,24H,15,30H2,1-2H3,(H2,31,35)(H,32,36)/t24-/m1/s1. The number of rotatable bonds is 10. The molecule has 0 unspecified atom stereocenters. The van der Waals surface area contributed by atoms with Gasteiger partial charge in [-0.3, -0.25) is 19.3 Å². The van der Waals surface area contributed by atoms with Crippen LogP contribution in [0, 0.1) is 5.82 Å². The van der Waals surface area contributed by atoms with Crippen molar-refractivity contribution in [3.63, 3.8) is 0 Å². The van der Waals surface area contributed by atoms with Crippen molar-refractivity contribution in [2.75, 3.05) is 24.9 Å². The van der Waals surface area contributed by atoms with Gasteiger partial charge in [-0.2, -0.15) is 4.37 Å². The van der Waals surface area contributed by atoms with E-state index in [1.165, 1.54) is 26.4 Å². The van der Waals surface area contributed by atoms with Crippen LogP contribution in [0.1, 0.15) is 37.3 Å². The predicted molar refractivity (Wildman–Crippen MR) is 149 cm³/mol. The third kappa shape index (κ3) is 5.86. The number of nitrogens with two attached hydrogens (primary N) is 2. The molecule has 0 saturated carbocycles. The molecule has 4 aromatic rings. The van der Waals surface area contributed by atoms with Crippen LogP contribution in [0.15, 0.2) is 72.8 Å². The summed E-state index contributed by atoms with van der Waals surface area (Å²) in [7, 11) is 2.91. The minimum absolute atomic E-state index is 0.112. The zero-order chi connectivity index (χ0) is 28.8. The topological polar surface area (TPSA) is 150 Å². The lowest BCUT2D eigenvalue weighted by Crippen LogP contribution is -2.44. The Morgan fingerprint density at radius 3 is 2.27 bits per heavy atom. The smallest absolute Gasteiger partial charge is 0.273 e. The molecule has 12 heteroatoms. The van der Waals surface area contributed by atoms with Gasteiger partial charge in [0.05, 0.1) is 19.9 Å². The molecule has 40 heavy (non-hydrogen) atoms. The molecule has 5 N–H and O–H groups in total. The third-order valence-corrected chi connectivity index (χ3v) is 6.87. The first-order valence-electron chi connectivity index (χ1n) is 11.9. The number of anilines is 2. The number of nitrogens with one attached hydrogen (secondary N) is 1. The second-order valence-corrected chi connectivity index (χ2v) is 9.28. The Hall–Kier alpha value is -4.97. The molecular formula is C28H26FN5O5S. The number of methoxy groups -OCH3 is 2. The molecule has 0 spiro atoms. The van der Waals surface area contributed by atoms with E-state index in [1.807, 2.05) is 30.3 Å². The molecule has 0 bridgehead atoms. The van der Waals surface area contributed by atoms with E-state index in [2.05, 4.69) is 9.69 Å². The number of benzene rings is 3. The molecule has 0 saturated heterocycles. The number of carbonyl (C=O) groups is 3. The van der Waals surface area contributed by atoms with Crippen LogP contribution in [0.4, 0.5) is 15.8 Å². The van der Waals surface area contributed by atoms with Crippen LogP contribution < -0.4 is 31.2 Å². The van der Waals surface area contributed by atoms with Crippen LogP contribution in [-0.2, 0) is 11.3 Å². The summed E-state index contributed by atoms with van der Waals surface area (Å²) in [6.07, 6.45) is 0. The van der Waals surface area contributed by atoms with Gasteiger partial charge in [0.25, 0.3) is 11.8 Å². The van der Waals surface area contributed by atoms with Crippen molar-refractivity contribution in [2.24, 2.45) is 5.73 Å². The lowest BCUT2D eigenvalue weighted by atomic mass is 10.0. The SMILES string of the molecule is COc1ccc([C@H](C(=O)NCc2ccccc2)N(C(=O)c2snc(C(N)=O)c2N)c2ccc(F)cc2)cc1OC. The Balaban J connectivity index is 1.87. The number of hydrogen-bond acceptors (Lipinski definition) is 8. The monoisotopic (exact) mass is 563 g/mol. The highest BCUT2D eigenvalue weighted by molar-refractivity contribution is 7.09. The largest absolute Gasteiger partial charge is 0.493 e. The van der Waals surface area contributed by atoms with Gasteiger partial charge < -0.3 is 26.3 Å². The molecule has 4 rings (SSSR count). The summed E-state index contributed by atoms with van der Waals surface area (Å²) in [6.45, 7) is 0.170. The van der Waals surface area contributed by atoms with E-state index in [4.69, 9.17) is 20.9 Å². The fourth-order valence-corrected chi connectivity index (χ4v) is 4.79. The van der Waals surface area contributed by atoms with E-state index in [-0.39, 0.29) is 28.5 Å². The van der Waals surface area contributed by atoms with Gasteiger partial charge in [0.15, 0.2) is 17.2 Å². The van der Waals surface area contributed by atoms with Crippen molar-refractivity contribution >= 4 is 40.6 Å². The maximum atomic E-state index is 14.1. The average molecular weight is 564 g/mol. The van der Waals surface area contributed by atoms with E-state index >= 15 is 0 Å². The lowest BCUT2D eigenvalue weighted by Gasteiger charge is -2.31. The zero-order valence-electron chi connectivity index (χ0n) is 21.6. The summed E-state index contributed by atoms with van der Waals surface area (Å²) in [5.41, 5.74) is 12.3. The molecular weight excluding hydrogens is 537 g/mol. The zero-order valence-corrected chi connectivity index (χ0v) is 22.4. The molecule has 3 aromatic carbocycles. The van der Waals surface area contributed by atoms with Gasteiger partial charge in [0.1, 0.15) is 16.7 Å². The number of nitrogens with zero attached hydrogens (tertiary/aromatic N) is 2. The molecule has 0 aliphatic carbocycles. The first-order chi connectivity index (χ1) is 19.2. The Kier molecular flexibility index (Phi) is 8.60. The maximum Gasteiger partial charge on any atom is 0.273 e. The minimum atomic E-state index is -1.29. The molecule has 10 nitrogen and oxygen atoms in total. The number of halogens is 1. The van der Waals surface area contributed by atoms with Crippen molar-refractivity contribution in [2.45, 2.75) is 12.6 Å². The fourth-order valence-electron chi connectivity index (χ4n) is 4.05. The number of hydrogen-bond donors (Lipinski definition) is 3. The second kappa shape index (κ2) is 12.3. The van der Waals surface area contributed by atoms with Gasteiger partial charge in [0.2, 0.25) is 5.91 Å². The normalized spacial score (nSPS) is 11.4. The highest BCUT2D eigenvalue weighted by atomic mass is 32.1. The van der Waals surface area contributed by atoms with E-state index in [1.54, 1.807) is 18.2 Å². The molecule has 0 fully saturated rings. The number of amides is 3. The van der Waals surface area contributed by atoms with Crippen molar-refractivity contribution in [3.8, 4) is 11.5 Å². The maximum absolute atomic E-state index is 14.1. The van der Waals surface area contributed by atoms with Crippen molar-refractivity contribution in [3.05, 3.63) is 100 Å². The van der Waals surface area contributed by atoms with Crippen molar-refractivity contribution in [1.29, 1.82) is 0 Å². The van der Waals surface area contributed by atoms with Gasteiger partial charge >= 0.3 is 0 Å². The molecule has 0 aliphatic rings. The summed E-state index contributed by atoms with van der Waals surface area (Å²) in [4.78, 5) is 40.8. The highest BCUT2D eigenvalue weighted by Gasteiger charge is 2.36. The van der Waals surface area contributed by atoms with Crippen LogP contribution >= 0.6 is 11.5 Å². The predicted octanol–water partition coefficient (Wildman–Crippen LogP) is 3.69. The van der Waals surface area contributed by atoms with Crippen LogP contribution in [0.3, 0.4) is 0 Å². The van der Waals surface area contributed by atoms with Crippen LogP contribution in [0.2, 0.25) is 0 Å². The summed E-state index contributed by atoms with van der Waals surface area (Å²) < 4.78 is 28.6. The van der Waals surface area contributed by atoms with Gasteiger partial charge in [0, 0.05) is 12.2 Å². The first-order valence-corrected chi connectivity index (χ1v) is 12.7. The fraction of sp³-hybridized carbons (Fsp3) is 0.143. The molecule has 206 valence electrons. The summed E-state index contributed by atoms with van der Waals surface area (Å²) >= 11 is 0.669. The highest BCUT2D eigenvalue weighted by Crippen LogP contribution is 2.36. The Labute approximate surface area is 233 Å². The van der Waals surface area contributed by atoms with E-state index < -0.39 is 29.6 Å². The Bertz CT molecular complexity index is 1530. The quantitative estimate of drug-likeness (QED) is 0.266. The summed E-state index contributed by atoms with van der Waals surface area (Å²) in [5, 5.41) is 2.87. The Morgan fingerprint density at radius 1 is 1.00 bits per heavy atom. The van der Waals surface area contributed by atoms with Gasteiger partial charge in [-0.1, -0.05) is 36.4 Å². The van der Waals surface area contributed by atoms with E-state index in [9.17, 15) is 18.8 Å². The minimum Gasteiger partial charge on any atom is -0.493 e. The Morgan fingerprint density at radius 2 is 1.68 bits per heavy atom. The van der Waals surface area contributed by atoms with Crippen molar-refractivity contribution in [1.82, 2.24) is 9.69 Å². The number of carbonyl (C=O) groups excluding carboxylic acids is 3. The van der Waals surface area contributed by atoms with E-state index in [0.717, 1.165) is 22.6 Å². The number of aromatic nitrogens is 1. The molecule has 0 aliphatic heterocycles. The average Bonchev–Trinajstić information content (AvgIpc) is 3.36. The van der Waals surface area contributed by atoms with Gasteiger partial charge in [-0.25, -0.2) is 4.39 Å². The van der Waals surface area contributed by atoms with E-state index in [0.29, 0.717) is 28.6 Å². The first kappa shape index (κ1) is 28.0. The molecule has 3 amide bonds. The van der Waals surface area contributed by atoms with Gasteiger partial charge in [-0.15, -0.1) is 0 Å². The molecule has 1 heterocycles. The summed E-state index contributed by atoms with van der Waals surface area (Å²) in [6, 6.07) is 17.8. The van der Waals surface area contributed by atoms with Crippen LogP contribution in [0.25, 0.3) is 0 Å². The molecule has 0 radical (unpaired) electrons.